The maximum atomic E-state index is 12.9. The zero-order valence-corrected chi connectivity index (χ0v) is 16.6. The van der Waals surface area contributed by atoms with Crippen LogP contribution in [0.25, 0.3) is 11.6 Å². The van der Waals surface area contributed by atoms with Crippen molar-refractivity contribution in [3.8, 4) is 0 Å². The van der Waals surface area contributed by atoms with Crippen molar-refractivity contribution >= 4 is 23.2 Å². The van der Waals surface area contributed by atoms with Gasteiger partial charge in [-0.3, -0.25) is 4.79 Å². The second-order valence-electron chi connectivity index (χ2n) is 7.87. The number of rotatable bonds is 4. The van der Waals surface area contributed by atoms with E-state index in [0.717, 1.165) is 22.6 Å². The summed E-state index contributed by atoms with van der Waals surface area (Å²) in [6.45, 7) is 0. The quantitative estimate of drug-likeness (QED) is 0.696. The predicted molar refractivity (Wildman–Crippen MR) is 117 cm³/mol. The Labute approximate surface area is 170 Å². The monoisotopic (exact) mass is 378 g/mol. The van der Waals surface area contributed by atoms with Gasteiger partial charge in [0.2, 0.25) is 0 Å². The van der Waals surface area contributed by atoms with Crippen molar-refractivity contribution < 1.29 is 4.79 Å². The van der Waals surface area contributed by atoms with Gasteiger partial charge >= 0.3 is 0 Å². The number of para-hydroxylation sites is 1. The van der Waals surface area contributed by atoms with Gasteiger partial charge in [0.15, 0.2) is 0 Å². The third-order valence-corrected chi connectivity index (χ3v) is 5.81. The molecule has 0 fully saturated rings. The van der Waals surface area contributed by atoms with E-state index in [4.69, 9.17) is 0 Å². The summed E-state index contributed by atoms with van der Waals surface area (Å²) in [4.78, 5) is 19.3. The highest BCUT2D eigenvalue weighted by atomic mass is 16.1. The molecular formula is C26H22N2O. The molecule has 0 spiro atoms. The molecule has 5 rings (SSSR count). The first-order valence-corrected chi connectivity index (χ1v) is 9.90. The number of carbonyl (C=O) groups excluding carboxylic acids is 1. The summed E-state index contributed by atoms with van der Waals surface area (Å²) < 4.78 is 0. The Balaban J connectivity index is 1.61. The summed E-state index contributed by atoms with van der Waals surface area (Å²) in [5, 5.41) is 1.75. The molecule has 1 heterocycles. The van der Waals surface area contributed by atoms with Crippen LogP contribution in [0.3, 0.4) is 0 Å². The van der Waals surface area contributed by atoms with E-state index in [0.29, 0.717) is 0 Å². The fraction of sp³-hybridized carbons (Fsp3) is 0.154. The Kier molecular flexibility index (Phi) is 4.17. The van der Waals surface area contributed by atoms with Crippen molar-refractivity contribution in [2.45, 2.75) is 12.3 Å². The van der Waals surface area contributed by atoms with Gasteiger partial charge in [0.05, 0.1) is 5.36 Å². The van der Waals surface area contributed by atoms with Gasteiger partial charge in [-0.1, -0.05) is 66.2 Å². The molecule has 0 N–H and O–H groups in total. The van der Waals surface area contributed by atoms with Crippen LogP contribution in [0.2, 0.25) is 0 Å². The van der Waals surface area contributed by atoms with E-state index in [2.05, 4.69) is 64.5 Å². The van der Waals surface area contributed by atoms with Crippen LogP contribution < -0.4 is 15.5 Å². The Morgan fingerprint density at radius 1 is 0.897 bits per heavy atom. The molecule has 0 radical (unpaired) electrons. The molecule has 3 nitrogen and oxygen atoms in total. The number of fused-ring (bicyclic) bond motifs is 2. The first-order valence-electron chi connectivity index (χ1n) is 9.90. The summed E-state index contributed by atoms with van der Waals surface area (Å²) in [5.74, 6) is -0.151. The summed E-state index contributed by atoms with van der Waals surface area (Å²) in [7, 11) is 4.09. The molecule has 2 aliphatic rings. The van der Waals surface area contributed by atoms with Gasteiger partial charge in [0.1, 0.15) is 0 Å². The molecule has 0 aromatic heterocycles. The van der Waals surface area contributed by atoms with Gasteiger partial charge in [0, 0.05) is 36.5 Å². The molecule has 0 saturated carbocycles. The lowest BCUT2D eigenvalue weighted by Gasteiger charge is -2.18. The van der Waals surface area contributed by atoms with E-state index in [9.17, 15) is 4.79 Å². The van der Waals surface area contributed by atoms with E-state index in [1.165, 1.54) is 28.0 Å². The largest absolute Gasteiger partial charge is 0.378 e. The summed E-state index contributed by atoms with van der Waals surface area (Å²) in [6.07, 6.45) is 3.06. The summed E-state index contributed by atoms with van der Waals surface area (Å²) >= 11 is 0. The molecule has 3 aromatic rings. The normalized spacial score (nSPS) is 16.9. The standard InChI is InChI=1S/C26H22N2O/c1-28(2)20-13-11-17(12-14-20)15-19-16-18-7-3-4-8-21(18)24(19)25-22-9-5-6-10-23(22)27-26(25)29/h3-14,16,24H,15H2,1-2H3. The van der Waals surface area contributed by atoms with Gasteiger partial charge in [0.25, 0.3) is 5.91 Å². The van der Waals surface area contributed by atoms with Crippen LogP contribution in [0, 0.1) is 0 Å². The molecule has 1 aliphatic carbocycles. The maximum absolute atomic E-state index is 12.9. The van der Waals surface area contributed by atoms with E-state index in [1.807, 2.05) is 38.4 Å². The number of hydrogen-bond acceptors (Lipinski definition) is 2. The average Bonchev–Trinajstić information content (AvgIpc) is 3.24. The Morgan fingerprint density at radius 3 is 2.41 bits per heavy atom. The average molecular weight is 378 g/mol. The molecule has 1 unspecified atom stereocenters. The number of hydrogen-bond donors (Lipinski definition) is 0. The smallest absolute Gasteiger partial charge is 0.275 e. The van der Waals surface area contributed by atoms with Crippen molar-refractivity contribution in [3.05, 3.63) is 106 Å². The second-order valence-corrected chi connectivity index (χ2v) is 7.87. The zero-order chi connectivity index (χ0) is 20.0. The van der Waals surface area contributed by atoms with Crippen LogP contribution in [0.1, 0.15) is 22.6 Å². The number of benzene rings is 3. The minimum Gasteiger partial charge on any atom is -0.378 e. The third-order valence-electron chi connectivity index (χ3n) is 5.81. The topological polar surface area (TPSA) is 32.7 Å². The van der Waals surface area contributed by atoms with Gasteiger partial charge in [-0.15, -0.1) is 0 Å². The fourth-order valence-corrected chi connectivity index (χ4v) is 4.39. The van der Waals surface area contributed by atoms with E-state index >= 15 is 0 Å². The van der Waals surface area contributed by atoms with E-state index in [-0.39, 0.29) is 11.8 Å². The second kappa shape index (κ2) is 6.85. The fourth-order valence-electron chi connectivity index (χ4n) is 4.39. The Hall–Kier alpha value is -3.46. The lowest BCUT2D eigenvalue weighted by molar-refractivity contribution is -0.112. The Bertz CT molecular complexity index is 1270. The highest BCUT2D eigenvalue weighted by Crippen LogP contribution is 2.43. The number of amides is 1. The molecule has 3 heteroatoms. The van der Waals surface area contributed by atoms with Gasteiger partial charge < -0.3 is 4.90 Å². The van der Waals surface area contributed by atoms with Crippen molar-refractivity contribution in [2.75, 3.05) is 19.0 Å². The molecular weight excluding hydrogens is 356 g/mol. The molecule has 3 aromatic carbocycles. The highest BCUT2D eigenvalue weighted by molar-refractivity contribution is 6.18. The van der Waals surface area contributed by atoms with Crippen LogP contribution in [0.5, 0.6) is 0 Å². The van der Waals surface area contributed by atoms with E-state index in [1.54, 1.807) is 0 Å². The Morgan fingerprint density at radius 2 is 1.62 bits per heavy atom. The lowest BCUT2D eigenvalue weighted by atomic mass is 9.84. The lowest BCUT2D eigenvalue weighted by Crippen LogP contribution is -2.24. The van der Waals surface area contributed by atoms with Crippen LogP contribution >= 0.6 is 0 Å². The zero-order valence-electron chi connectivity index (χ0n) is 16.6. The van der Waals surface area contributed by atoms with Gasteiger partial charge in [-0.25, -0.2) is 4.99 Å². The van der Waals surface area contributed by atoms with Gasteiger partial charge in [-0.2, -0.15) is 0 Å². The van der Waals surface area contributed by atoms with Crippen LogP contribution in [-0.2, 0) is 11.2 Å². The molecule has 0 saturated heterocycles. The number of nitrogens with zero attached hydrogens (tertiary/aromatic N) is 2. The summed E-state index contributed by atoms with van der Waals surface area (Å²) in [6, 6.07) is 24.9. The van der Waals surface area contributed by atoms with Crippen LogP contribution in [0.4, 0.5) is 5.69 Å². The molecule has 1 atom stereocenters. The van der Waals surface area contributed by atoms with Crippen molar-refractivity contribution in [1.82, 2.24) is 0 Å². The summed E-state index contributed by atoms with van der Waals surface area (Å²) in [5.41, 5.74) is 6.88. The molecule has 1 aliphatic heterocycles. The first kappa shape index (κ1) is 17.6. The third kappa shape index (κ3) is 2.99. The van der Waals surface area contributed by atoms with Crippen molar-refractivity contribution in [1.29, 1.82) is 0 Å². The minimum absolute atomic E-state index is 0.0420. The van der Waals surface area contributed by atoms with Crippen molar-refractivity contribution in [2.24, 2.45) is 4.99 Å². The van der Waals surface area contributed by atoms with E-state index < -0.39 is 0 Å². The van der Waals surface area contributed by atoms with Crippen molar-refractivity contribution in [3.63, 3.8) is 0 Å². The van der Waals surface area contributed by atoms with Gasteiger partial charge in [-0.05, 0) is 41.3 Å². The first-order chi connectivity index (χ1) is 14.1. The predicted octanol–water partition coefficient (Wildman–Crippen LogP) is 3.49. The SMILES string of the molecule is CN(C)c1ccc(CC2=Cc3ccccc3C2C2=c3ccccc3=NC2=O)cc1. The molecule has 29 heavy (non-hydrogen) atoms. The van der Waals surface area contributed by atoms with Crippen LogP contribution in [-0.4, -0.2) is 20.0 Å². The minimum atomic E-state index is -0.109. The number of anilines is 1. The molecule has 142 valence electrons. The number of allylic oxidation sites excluding steroid dienone is 1. The molecule has 1 amide bonds. The maximum Gasteiger partial charge on any atom is 0.275 e. The highest BCUT2D eigenvalue weighted by Gasteiger charge is 2.33. The van der Waals surface area contributed by atoms with Crippen LogP contribution in [0.15, 0.2) is 83.4 Å². The molecule has 0 bridgehead atoms. The number of carbonyl (C=O) groups is 1.